The summed E-state index contributed by atoms with van der Waals surface area (Å²) in [4.78, 5) is 33.1. The van der Waals surface area contributed by atoms with E-state index in [1.807, 2.05) is 20.8 Å². The van der Waals surface area contributed by atoms with Crippen molar-refractivity contribution in [1.82, 2.24) is 15.2 Å². The van der Waals surface area contributed by atoms with Crippen molar-refractivity contribution < 1.29 is 23.8 Å². The third-order valence-corrected chi connectivity index (χ3v) is 5.87. The maximum Gasteiger partial charge on any atom is 0.416 e. The first-order valence-electron chi connectivity index (χ1n) is 11.8. The Labute approximate surface area is 196 Å². The number of nitrogens with zero attached hydrogens (tertiary/aromatic N) is 3. The van der Waals surface area contributed by atoms with Crippen molar-refractivity contribution in [2.24, 2.45) is 0 Å². The second kappa shape index (κ2) is 11.3. The van der Waals surface area contributed by atoms with Crippen LogP contribution in [-0.4, -0.2) is 86.6 Å². The summed E-state index contributed by atoms with van der Waals surface area (Å²) in [5, 5.41) is 2.91. The Hall–Kier alpha value is -2.23. The van der Waals surface area contributed by atoms with E-state index in [4.69, 9.17) is 19.2 Å². The number of fused-ring (bicyclic) bond motifs is 1. The van der Waals surface area contributed by atoms with Crippen LogP contribution in [0.25, 0.3) is 0 Å². The van der Waals surface area contributed by atoms with E-state index in [9.17, 15) is 9.59 Å². The van der Waals surface area contributed by atoms with Crippen LogP contribution in [0.2, 0.25) is 0 Å². The van der Waals surface area contributed by atoms with Gasteiger partial charge in [-0.1, -0.05) is 6.07 Å². The minimum Gasteiger partial charge on any atom is -0.468 e. The van der Waals surface area contributed by atoms with Crippen LogP contribution in [0.3, 0.4) is 0 Å². The molecule has 9 heteroatoms. The van der Waals surface area contributed by atoms with Crippen molar-refractivity contribution in [2.45, 2.75) is 64.2 Å². The lowest BCUT2D eigenvalue weighted by Crippen LogP contribution is -2.54. The molecule has 1 fully saturated rings. The van der Waals surface area contributed by atoms with Crippen molar-refractivity contribution in [3.05, 3.63) is 23.4 Å². The molecule has 1 amide bonds. The molecule has 1 atom stereocenters. The van der Waals surface area contributed by atoms with Crippen molar-refractivity contribution in [3.63, 3.8) is 0 Å². The van der Waals surface area contributed by atoms with Gasteiger partial charge < -0.3 is 19.5 Å². The predicted octanol–water partition coefficient (Wildman–Crippen LogP) is 2.16. The summed E-state index contributed by atoms with van der Waals surface area (Å²) >= 11 is 0. The molecule has 2 aliphatic rings. The number of rotatable bonds is 9. The summed E-state index contributed by atoms with van der Waals surface area (Å²) in [6, 6.07) is 3.74. The molecule has 9 nitrogen and oxygen atoms in total. The SMILES string of the molecule is CN[C@@H](COC1CN(CCCc2ccc3c(n2)N(C(=O)OC(C)(C)C)CCC3)C1)C(=O)OC. The zero-order chi connectivity index (χ0) is 24.0. The molecule has 184 valence electrons. The number of likely N-dealkylation sites (N-methyl/N-ethyl adjacent to an activating group) is 1. The van der Waals surface area contributed by atoms with E-state index in [1.165, 1.54) is 7.11 Å². The molecule has 1 aromatic rings. The van der Waals surface area contributed by atoms with Gasteiger partial charge in [0.1, 0.15) is 17.5 Å². The summed E-state index contributed by atoms with van der Waals surface area (Å²) in [5.74, 6) is 0.437. The second-order valence-corrected chi connectivity index (χ2v) is 9.70. The van der Waals surface area contributed by atoms with E-state index in [0.717, 1.165) is 62.4 Å². The lowest BCUT2D eigenvalue weighted by atomic mass is 10.0. The number of pyridine rings is 1. The lowest BCUT2D eigenvalue weighted by molar-refractivity contribution is -0.146. The molecule has 0 saturated carbocycles. The molecular weight excluding hydrogens is 424 g/mol. The molecule has 0 spiro atoms. The summed E-state index contributed by atoms with van der Waals surface area (Å²) in [5.41, 5.74) is 1.57. The van der Waals surface area contributed by atoms with Gasteiger partial charge in [0.2, 0.25) is 0 Å². The molecule has 3 heterocycles. The smallest absolute Gasteiger partial charge is 0.416 e. The minimum atomic E-state index is -0.529. The number of carbonyl (C=O) groups is 2. The van der Waals surface area contributed by atoms with Crippen LogP contribution in [0.1, 0.15) is 44.9 Å². The first-order valence-corrected chi connectivity index (χ1v) is 11.8. The Morgan fingerprint density at radius 2 is 2.03 bits per heavy atom. The van der Waals surface area contributed by atoms with Gasteiger partial charge in [-0.2, -0.15) is 0 Å². The van der Waals surface area contributed by atoms with Gasteiger partial charge in [0.05, 0.1) is 19.8 Å². The minimum absolute atomic E-state index is 0.148. The van der Waals surface area contributed by atoms with Crippen LogP contribution in [0.15, 0.2) is 12.1 Å². The largest absolute Gasteiger partial charge is 0.468 e. The van der Waals surface area contributed by atoms with Gasteiger partial charge in [-0.05, 0) is 71.7 Å². The maximum absolute atomic E-state index is 12.7. The number of aryl methyl sites for hydroxylation is 2. The fourth-order valence-electron chi connectivity index (χ4n) is 4.05. The van der Waals surface area contributed by atoms with Gasteiger partial charge in [0.25, 0.3) is 0 Å². The van der Waals surface area contributed by atoms with E-state index in [2.05, 4.69) is 22.3 Å². The zero-order valence-corrected chi connectivity index (χ0v) is 20.6. The zero-order valence-electron chi connectivity index (χ0n) is 20.6. The number of likely N-dealkylation sites (tertiary alicyclic amines) is 1. The van der Waals surface area contributed by atoms with Crippen LogP contribution < -0.4 is 10.2 Å². The van der Waals surface area contributed by atoms with Gasteiger partial charge in [-0.3, -0.25) is 14.6 Å². The van der Waals surface area contributed by atoms with Crippen molar-refractivity contribution in [3.8, 4) is 0 Å². The van der Waals surface area contributed by atoms with Crippen molar-refractivity contribution in [1.29, 1.82) is 0 Å². The number of methoxy groups -OCH3 is 1. The van der Waals surface area contributed by atoms with E-state index < -0.39 is 11.6 Å². The highest BCUT2D eigenvalue weighted by Crippen LogP contribution is 2.27. The van der Waals surface area contributed by atoms with Crippen LogP contribution in [0.5, 0.6) is 0 Å². The molecule has 0 aromatic carbocycles. The highest BCUT2D eigenvalue weighted by atomic mass is 16.6. The summed E-state index contributed by atoms with van der Waals surface area (Å²) < 4.78 is 16.1. The maximum atomic E-state index is 12.7. The topological polar surface area (TPSA) is 93.2 Å². The van der Waals surface area contributed by atoms with Gasteiger partial charge >= 0.3 is 12.1 Å². The van der Waals surface area contributed by atoms with E-state index in [-0.39, 0.29) is 18.2 Å². The molecule has 2 aliphatic heterocycles. The molecule has 1 saturated heterocycles. The molecule has 0 unspecified atom stereocenters. The fraction of sp³-hybridized carbons (Fsp3) is 0.708. The van der Waals surface area contributed by atoms with Gasteiger partial charge in [0.15, 0.2) is 0 Å². The molecule has 0 radical (unpaired) electrons. The summed E-state index contributed by atoms with van der Waals surface area (Å²) in [6.07, 6.45) is 3.50. The first-order chi connectivity index (χ1) is 15.7. The van der Waals surface area contributed by atoms with Crippen LogP contribution in [0, 0.1) is 0 Å². The van der Waals surface area contributed by atoms with Gasteiger partial charge in [-0.25, -0.2) is 9.78 Å². The number of hydrogen-bond donors (Lipinski definition) is 1. The molecular formula is C24H38N4O5. The van der Waals surface area contributed by atoms with Crippen LogP contribution >= 0.6 is 0 Å². The number of carbonyl (C=O) groups excluding carboxylic acids is 2. The number of hydrogen-bond acceptors (Lipinski definition) is 8. The van der Waals surface area contributed by atoms with Crippen molar-refractivity contribution in [2.75, 3.05) is 51.8 Å². The molecule has 33 heavy (non-hydrogen) atoms. The monoisotopic (exact) mass is 462 g/mol. The number of esters is 1. The Morgan fingerprint density at radius 3 is 2.70 bits per heavy atom. The highest BCUT2D eigenvalue weighted by Gasteiger charge is 2.30. The van der Waals surface area contributed by atoms with E-state index >= 15 is 0 Å². The Kier molecular flexibility index (Phi) is 8.67. The summed E-state index contributed by atoms with van der Waals surface area (Å²) in [7, 11) is 3.10. The fourth-order valence-corrected chi connectivity index (χ4v) is 4.05. The Bertz CT molecular complexity index is 820. The van der Waals surface area contributed by atoms with E-state index in [0.29, 0.717) is 13.2 Å². The Morgan fingerprint density at radius 1 is 1.27 bits per heavy atom. The average molecular weight is 463 g/mol. The number of amides is 1. The first kappa shape index (κ1) is 25.4. The third-order valence-electron chi connectivity index (χ3n) is 5.87. The number of nitrogens with one attached hydrogen (secondary N) is 1. The molecule has 3 rings (SSSR count). The molecule has 1 N–H and O–H groups in total. The predicted molar refractivity (Wildman–Crippen MR) is 126 cm³/mol. The summed E-state index contributed by atoms with van der Waals surface area (Å²) in [6.45, 7) is 9.27. The van der Waals surface area contributed by atoms with Gasteiger partial charge in [-0.15, -0.1) is 0 Å². The average Bonchev–Trinajstić information content (AvgIpc) is 2.74. The third kappa shape index (κ3) is 7.12. The molecule has 1 aromatic heterocycles. The quantitative estimate of drug-likeness (QED) is 0.558. The number of anilines is 1. The standard InChI is InChI=1S/C24H38N4O5/c1-24(2,3)33-23(30)28-13-6-8-17-10-11-18(26-21(17)28)9-7-12-27-14-19(15-27)32-16-20(25-4)22(29)31-5/h10-11,19-20,25H,6-9,12-16H2,1-5H3/t20-/m0/s1. The number of aromatic nitrogens is 1. The lowest BCUT2D eigenvalue weighted by Gasteiger charge is -2.39. The second-order valence-electron chi connectivity index (χ2n) is 9.70. The molecule has 0 aliphatic carbocycles. The number of ether oxygens (including phenoxy) is 3. The van der Waals surface area contributed by atoms with Gasteiger partial charge in [0, 0.05) is 25.3 Å². The van der Waals surface area contributed by atoms with Crippen molar-refractivity contribution >= 4 is 17.9 Å². The molecule has 0 bridgehead atoms. The van der Waals surface area contributed by atoms with Crippen LogP contribution in [0.4, 0.5) is 10.6 Å². The normalized spacial score (nSPS) is 17.8. The highest BCUT2D eigenvalue weighted by molar-refractivity contribution is 5.88. The Balaban J connectivity index is 1.43. The van der Waals surface area contributed by atoms with Crippen LogP contribution in [-0.2, 0) is 31.8 Å². The van der Waals surface area contributed by atoms with E-state index in [1.54, 1.807) is 11.9 Å².